The first-order chi connectivity index (χ1) is 12.7. The van der Waals surface area contributed by atoms with Crippen molar-refractivity contribution in [3.63, 3.8) is 0 Å². The van der Waals surface area contributed by atoms with E-state index in [1.54, 1.807) is 0 Å². The minimum atomic E-state index is -0.149. The van der Waals surface area contributed by atoms with Gasteiger partial charge in [0, 0.05) is 49.0 Å². The van der Waals surface area contributed by atoms with E-state index in [0.29, 0.717) is 6.04 Å². The van der Waals surface area contributed by atoms with Gasteiger partial charge in [-0.15, -0.1) is 0 Å². The molecule has 5 nitrogen and oxygen atoms in total. The number of hydrogen-bond donors (Lipinski definition) is 1. The summed E-state index contributed by atoms with van der Waals surface area (Å²) in [5, 5.41) is 9.50. The van der Waals surface area contributed by atoms with Gasteiger partial charge in [-0.2, -0.15) is 0 Å². The van der Waals surface area contributed by atoms with E-state index in [1.807, 2.05) is 0 Å². The van der Waals surface area contributed by atoms with Gasteiger partial charge in [0.2, 0.25) is 5.95 Å². The molecule has 1 aliphatic carbocycles. The van der Waals surface area contributed by atoms with E-state index in [4.69, 9.17) is 9.97 Å². The van der Waals surface area contributed by atoms with Gasteiger partial charge in [0.25, 0.3) is 0 Å². The van der Waals surface area contributed by atoms with Crippen LogP contribution in [-0.2, 0) is 19.4 Å². The highest BCUT2D eigenvalue weighted by Crippen LogP contribution is 2.34. The fourth-order valence-corrected chi connectivity index (χ4v) is 4.35. The lowest BCUT2D eigenvalue weighted by atomic mass is 10.0. The Morgan fingerprint density at radius 3 is 2.81 bits per heavy atom. The third kappa shape index (κ3) is 2.79. The molecule has 3 aliphatic rings. The first-order valence-corrected chi connectivity index (χ1v) is 9.83. The molecule has 2 aromatic rings. The Hall–Kier alpha value is -1.98. The van der Waals surface area contributed by atoms with Crippen molar-refractivity contribution >= 4 is 5.95 Å². The largest absolute Gasteiger partial charge is 0.390 e. The van der Waals surface area contributed by atoms with E-state index in [-0.39, 0.29) is 6.10 Å². The lowest BCUT2D eigenvalue weighted by Crippen LogP contribution is -2.49. The van der Waals surface area contributed by atoms with Crippen LogP contribution in [0.5, 0.6) is 0 Å². The second-order valence-corrected chi connectivity index (χ2v) is 8.03. The number of likely N-dealkylation sites (tertiary alicyclic amines) is 1. The van der Waals surface area contributed by atoms with Crippen LogP contribution in [0.15, 0.2) is 24.3 Å². The highest BCUT2D eigenvalue weighted by atomic mass is 16.3. The van der Waals surface area contributed by atoms with E-state index in [1.165, 1.54) is 35.2 Å². The number of benzene rings is 1. The third-order valence-corrected chi connectivity index (χ3v) is 6.04. The van der Waals surface area contributed by atoms with Gasteiger partial charge in [-0.3, -0.25) is 4.90 Å². The zero-order chi connectivity index (χ0) is 17.7. The average molecular weight is 350 g/mol. The minimum absolute atomic E-state index is 0.149. The summed E-state index contributed by atoms with van der Waals surface area (Å²) in [4.78, 5) is 14.5. The van der Waals surface area contributed by atoms with Crippen LogP contribution in [0.25, 0.3) is 11.3 Å². The molecule has 0 spiro atoms. The topological polar surface area (TPSA) is 52.5 Å². The maximum absolute atomic E-state index is 9.50. The maximum atomic E-state index is 9.50. The van der Waals surface area contributed by atoms with Crippen LogP contribution in [0.4, 0.5) is 5.95 Å². The molecule has 1 aromatic heterocycles. The first kappa shape index (κ1) is 16.2. The zero-order valence-electron chi connectivity index (χ0n) is 15.4. The standard InChI is InChI=1S/C21H26N4O/c1-14-8-9-25(14)21-22-19-7-3-6-18(19)20(23-21)16-5-2-4-15(10-16)11-24-12-17(26)13-24/h2,4-5,10,14,17,26H,3,6-9,11-13H2,1H3/t14-/m0/s1. The quantitative estimate of drug-likeness (QED) is 0.918. The average Bonchev–Trinajstić information content (AvgIpc) is 3.07. The highest BCUT2D eigenvalue weighted by Gasteiger charge is 2.29. The zero-order valence-corrected chi connectivity index (χ0v) is 15.4. The van der Waals surface area contributed by atoms with Crippen molar-refractivity contribution in [2.75, 3.05) is 24.5 Å². The van der Waals surface area contributed by atoms with E-state index >= 15 is 0 Å². The SMILES string of the molecule is C[C@H]1CCN1c1nc2c(c(-c3cccc(CN4CC(O)C4)c3)n1)CCC2. The molecule has 5 rings (SSSR count). The molecule has 3 heterocycles. The van der Waals surface area contributed by atoms with Crippen LogP contribution in [-0.4, -0.2) is 51.8 Å². The number of aryl methyl sites for hydroxylation is 1. The monoisotopic (exact) mass is 350 g/mol. The number of hydrogen-bond acceptors (Lipinski definition) is 5. The Kier molecular flexibility index (Phi) is 3.94. The molecule has 0 radical (unpaired) electrons. The highest BCUT2D eigenvalue weighted by molar-refractivity contribution is 5.67. The number of fused-ring (bicyclic) bond motifs is 1. The second-order valence-electron chi connectivity index (χ2n) is 8.03. The molecule has 2 saturated heterocycles. The summed E-state index contributed by atoms with van der Waals surface area (Å²) in [6.45, 7) is 5.78. The number of aromatic nitrogens is 2. The van der Waals surface area contributed by atoms with Crippen LogP contribution in [0.2, 0.25) is 0 Å². The molecule has 2 fully saturated rings. The van der Waals surface area contributed by atoms with Crippen molar-refractivity contribution in [2.45, 2.75) is 51.3 Å². The van der Waals surface area contributed by atoms with Gasteiger partial charge >= 0.3 is 0 Å². The lowest BCUT2D eigenvalue weighted by molar-refractivity contribution is -0.00285. The Morgan fingerprint density at radius 2 is 2.08 bits per heavy atom. The van der Waals surface area contributed by atoms with Gasteiger partial charge in [-0.05, 0) is 44.2 Å². The van der Waals surface area contributed by atoms with E-state index < -0.39 is 0 Å². The molecule has 0 bridgehead atoms. The smallest absolute Gasteiger partial charge is 0.226 e. The molecule has 2 aliphatic heterocycles. The first-order valence-electron chi connectivity index (χ1n) is 9.83. The number of β-amino-alcohol motifs (C(OH)–C–C–N with tert-alkyl or cyclic N) is 1. The summed E-state index contributed by atoms with van der Waals surface area (Å²) in [7, 11) is 0. The van der Waals surface area contributed by atoms with Crippen molar-refractivity contribution in [1.29, 1.82) is 0 Å². The number of aliphatic hydroxyl groups excluding tert-OH is 1. The van der Waals surface area contributed by atoms with Gasteiger partial charge in [-0.25, -0.2) is 9.97 Å². The number of nitrogens with zero attached hydrogens (tertiary/aromatic N) is 4. The molecule has 26 heavy (non-hydrogen) atoms. The van der Waals surface area contributed by atoms with Crippen molar-refractivity contribution in [3.8, 4) is 11.3 Å². The van der Waals surface area contributed by atoms with Crippen LogP contribution in [0.1, 0.15) is 36.6 Å². The Morgan fingerprint density at radius 1 is 1.19 bits per heavy atom. The van der Waals surface area contributed by atoms with Gasteiger partial charge in [0.1, 0.15) is 0 Å². The molecule has 1 aromatic carbocycles. The summed E-state index contributed by atoms with van der Waals surface area (Å²) < 4.78 is 0. The van der Waals surface area contributed by atoms with Crippen molar-refractivity contribution in [3.05, 3.63) is 41.1 Å². The van der Waals surface area contributed by atoms with Crippen LogP contribution in [0, 0.1) is 0 Å². The normalized spacial score (nSPS) is 22.8. The molecule has 1 atom stereocenters. The second kappa shape index (κ2) is 6.32. The van der Waals surface area contributed by atoms with Crippen molar-refractivity contribution in [2.24, 2.45) is 0 Å². The summed E-state index contributed by atoms with van der Waals surface area (Å²) in [5.74, 6) is 0.913. The summed E-state index contributed by atoms with van der Waals surface area (Å²) in [6.07, 6.45) is 4.42. The van der Waals surface area contributed by atoms with Crippen LogP contribution >= 0.6 is 0 Å². The summed E-state index contributed by atoms with van der Waals surface area (Å²) in [5.41, 5.74) is 6.23. The molecule has 136 valence electrons. The molecule has 0 unspecified atom stereocenters. The number of rotatable bonds is 4. The Labute approximate surface area is 154 Å². The van der Waals surface area contributed by atoms with Crippen molar-refractivity contribution < 1.29 is 5.11 Å². The summed E-state index contributed by atoms with van der Waals surface area (Å²) >= 11 is 0. The van der Waals surface area contributed by atoms with Gasteiger partial charge in [-0.1, -0.05) is 18.2 Å². The third-order valence-electron chi connectivity index (χ3n) is 6.04. The molecule has 0 amide bonds. The fraction of sp³-hybridized carbons (Fsp3) is 0.524. The minimum Gasteiger partial charge on any atom is -0.390 e. The number of aliphatic hydroxyl groups is 1. The van der Waals surface area contributed by atoms with Gasteiger partial charge < -0.3 is 10.0 Å². The van der Waals surface area contributed by atoms with E-state index in [9.17, 15) is 5.11 Å². The molecule has 1 N–H and O–H groups in total. The predicted molar refractivity (Wildman–Crippen MR) is 102 cm³/mol. The van der Waals surface area contributed by atoms with Crippen LogP contribution < -0.4 is 4.90 Å². The lowest BCUT2D eigenvalue weighted by Gasteiger charge is -2.39. The maximum Gasteiger partial charge on any atom is 0.226 e. The van der Waals surface area contributed by atoms with E-state index in [2.05, 4.69) is 41.0 Å². The molecule has 0 saturated carbocycles. The Balaban J connectivity index is 1.49. The Bertz CT molecular complexity index is 831. The van der Waals surface area contributed by atoms with E-state index in [0.717, 1.165) is 50.7 Å². The van der Waals surface area contributed by atoms with Crippen LogP contribution in [0.3, 0.4) is 0 Å². The summed E-state index contributed by atoms with van der Waals surface area (Å²) in [6, 6.07) is 9.31. The fourth-order valence-electron chi connectivity index (χ4n) is 4.35. The van der Waals surface area contributed by atoms with Gasteiger partial charge in [0.15, 0.2) is 0 Å². The van der Waals surface area contributed by atoms with Crippen molar-refractivity contribution in [1.82, 2.24) is 14.9 Å². The van der Waals surface area contributed by atoms with Gasteiger partial charge in [0.05, 0.1) is 11.8 Å². The predicted octanol–water partition coefficient (Wildman–Crippen LogP) is 2.41. The molecular formula is C21H26N4O. The molecular weight excluding hydrogens is 324 g/mol. The number of anilines is 1. The molecule has 5 heteroatoms.